The third kappa shape index (κ3) is 3.74. The topological polar surface area (TPSA) is 66.9 Å². The second kappa shape index (κ2) is 9.12. The Balaban J connectivity index is 1.60. The van der Waals surface area contributed by atoms with Crippen LogP contribution in [0.15, 0.2) is 84.9 Å². The molecule has 2 saturated heterocycles. The van der Waals surface area contributed by atoms with Crippen LogP contribution in [0.4, 0.5) is 5.69 Å². The minimum atomic E-state index is -0.839. The Bertz CT molecular complexity index is 1240. The van der Waals surface area contributed by atoms with E-state index in [4.69, 9.17) is 4.74 Å². The summed E-state index contributed by atoms with van der Waals surface area (Å²) in [6.07, 6.45) is 0. The Morgan fingerprint density at radius 3 is 1.89 bits per heavy atom. The number of benzene rings is 3. The molecule has 35 heavy (non-hydrogen) atoms. The van der Waals surface area contributed by atoms with Gasteiger partial charge in [0.1, 0.15) is 6.04 Å². The van der Waals surface area contributed by atoms with E-state index < -0.39 is 29.9 Å². The lowest BCUT2D eigenvalue weighted by molar-refractivity contribution is -0.150. The number of carbonyl (C=O) groups is 3. The summed E-state index contributed by atoms with van der Waals surface area (Å²) in [6, 6.07) is 25.7. The third-order valence-electron chi connectivity index (χ3n) is 7.13. The maximum Gasteiger partial charge on any atom is 0.323 e. The van der Waals surface area contributed by atoms with E-state index in [0.717, 1.165) is 16.7 Å². The van der Waals surface area contributed by atoms with E-state index in [1.54, 1.807) is 24.3 Å². The fraction of sp³-hybridized carbons (Fsp3) is 0.276. The van der Waals surface area contributed by atoms with Gasteiger partial charge in [0.2, 0.25) is 11.8 Å². The highest BCUT2D eigenvalue weighted by Crippen LogP contribution is 2.52. The van der Waals surface area contributed by atoms with E-state index in [0.29, 0.717) is 5.69 Å². The summed E-state index contributed by atoms with van der Waals surface area (Å²) in [7, 11) is 1.33. The SMILES string of the molecule is COC(=O)C1C2C(=O)N(c3ccccc3)C(=O)C2C(c2ccc(-c3ccccc3)cc2)N1C(C)C. The van der Waals surface area contributed by atoms with Crippen molar-refractivity contribution in [2.45, 2.75) is 32.0 Å². The average Bonchev–Trinajstić information content (AvgIpc) is 3.37. The molecule has 0 radical (unpaired) electrons. The van der Waals surface area contributed by atoms with Gasteiger partial charge in [0.15, 0.2) is 0 Å². The van der Waals surface area contributed by atoms with Crippen molar-refractivity contribution in [1.29, 1.82) is 0 Å². The first kappa shape index (κ1) is 23.0. The van der Waals surface area contributed by atoms with Crippen molar-refractivity contribution in [3.05, 3.63) is 90.5 Å². The zero-order chi connectivity index (χ0) is 24.7. The minimum Gasteiger partial charge on any atom is -0.468 e. The Morgan fingerprint density at radius 2 is 1.31 bits per heavy atom. The molecule has 4 atom stereocenters. The van der Waals surface area contributed by atoms with Crippen LogP contribution in [0.3, 0.4) is 0 Å². The molecule has 6 heteroatoms. The van der Waals surface area contributed by atoms with Gasteiger partial charge in [-0.25, -0.2) is 4.90 Å². The standard InChI is InChI=1S/C29H28N2O4/c1-18(2)30-25(21-16-14-20(15-17-21)19-10-6-4-7-11-19)23-24(26(30)29(34)35-3)28(33)31(27(23)32)22-12-8-5-9-13-22/h4-18,23-26H,1-3H3. The number of rotatable bonds is 5. The van der Waals surface area contributed by atoms with Gasteiger partial charge in [-0.3, -0.25) is 19.3 Å². The second-order valence-electron chi connectivity index (χ2n) is 9.34. The fourth-order valence-corrected chi connectivity index (χ4v) is 5.67. The Morgan fingerprint density at radius 1 is 0.771 bits per heavy atom. The summed E-state index contributed by atoms with van der Waals surface area (Å²) in [5.74, 6) is -2.61. The van der Waals surface area contributed by atoms with Crippen molar-refractivity contribution >= 4 is 23.5 Å². The van der Waals surface area contributed by atoms with Crippen molar-refractivity contribution in [2.75, 3.05) is 12.0 Å². The van der Waals surface area contributed by atoms with Gasteiger partial charge >= 0.3 is 5.97 Å². The summed E-state index contributed by atoms with van der Waals surface area (Å²) in [5.41, 5.74) is 3.58. The highest BCUT2D eigenvalue weighted by Gasteiger charge is 2.65. The van der Waals surface area contributed by atoms with Crippen molar-refractivity contribution < 1.29 is 19.1 Å². The molecule has 0 bridgehead atoms. The molecular weight excluding hydrogens is 440 g/mol. The molecule has 2 amide bonds. The lowest BCUT2D eigenvalue weighted by Crippen LogP contribution is -2.48. The van der Waals surface area contributed by atoms with Crippen molar-refractivity contribution in [3.63, 3.8) is 0 Å². The smallest absolute Gasteiger partial charge is 0.323 e. The number of imide groups is 1. The van der Waals surface area contributed by atoms with E-state index >= 15 is 0 Å². The lowest BCUT2D eigenvalue weighted by atomic mass is 9.86. The molecule has 3 aromatic carbocycles. The number of anilines is 1. The monoisotopic (exact) mass is 468 g/mol. The largest absolute Gasteiger partial charge is 0.468 e. The van der Waals surface area contributed by atoms with Crippen molar-refractivity contribution in [1.82, 2.24) is 4.90 Å². The molecule has 178 valence electrons. The van der Waals surface area contributed by atoms with E-state index in [1.165, 1.54) is 12.0 Å². The number of hydrogen-bond acceptors (Lipinski definition) is 5. The summed E-state index contributed by atoms with van der Waals surface area (Å²) in [4.78, 5) is 43.8. The molecule has 2 heterocycles. The van der Waals surface area contributed by atoms with Gasteiger partial charge < -0.3 is 4.74 Å². The van der Waals surface area contributed by atoms with Gasteiger partial charge in [-0.05, 0) is 42.7 Å². The lowest BCUT2D eigenvalue weighted by Gasteiger charge is -2.35. The number of hydrogen-bond donors (Lipinski definition) is 0. The van der Waals surface area contributed by atoms with Gasteiger partial charge in [-0.15, -0.1) is 0 Å². The van der Waals surface area contributed by atoms with Gasteiger partial charge in [0.25, 0.3) is 0 Å². The molecule has 2 aliphatic rings. The van der Waals surface area contributed by atoms with E-state index in [1.807, 2.05) is 79.4 Å². The van der Waals surface area contributed by atoms with Crippen LogP contribution in [-0.4, -0.2) is 41.9 Å². The third-order valence-corrected chi connectivity index (χ3v) is 7.13. The van der Waals surface area contributed by atoms with Crippen LogP contribution < -0.4 is 4.90 Å². The molecule has 4 unspecified atom stereocenters. The van der Waals surface area contributed by atoms with Crippen LogP contribution >= 0.6 is 0 Å². The predicted octanol–water partition coefficient (Wildman–Crippen LogP) is 4.47. The zero-order valence-corrected chi connectivity index (χ0v) is 20.0. The van der Waals surface area contributed by atoms with E-state index in [2.05, 4.69) is 0 Å². The average molecular weight is 469 g/mol. The normalized spacial score (nSPS) is 24.2. The predicted molar refractivity (Wildman–Crippen MR) is 133 cm³/mol. The molecule has 3 aromatic rings. The van der Waals surface area contributed by atoms with Gasteiger partial charge in [0, 0.05) is 12.1 Å². The number of methoxy groups -OCH3 is 1. The molecule has 0 aliphatic carbocycles. The number of nitrogens with zero attached hydrogens (tertiary/aromatic N) is 2. The quantitative estimate of drug-likeness (QED) is 0.408. The van der Waals surface area contributed by atoms with Gasteiger partial charge in [-0.2, -0.15) is 0 Å². The van der Waals surface area contributed by atoms with Gasteiger partial charge in [0.05, 0.1) is 24.6 Å². The summed E-state index contributed by atoms with van der Waals surface area (Å²) >= 11 is 0. The second-order valence-corrected chi connectivity index (χ2v) is 9.34. The van der Waals surface area contributed by atoms with Crippen LogP contribution in [0.2, 0.25) is 0 Å². The molecular formula is C29H28N2O4. The number of amides is 2. The first-order valence-electron chi connectivity index (χ1n) is 11.9. The van der Waals surface area contributed by atoms with Crippen molar-refractivity contribution in [3.8, 4) is 11.1 Å². The van der Waals surface area contributed by atoms with E-state index in [9.17, 15) is 14.4 Å². The molecule has 6 nitrogen and oxygen atoms in total. The minimum absolute atomic E-state index is 0.0886. The molecule has 5 rings (SSSR count). The highest BCUT2D eigenvalue weighted by atomic mass is 16.5. The number of fused-ring (bicyclic) bond motifs is 1. The summed E-state index contributed by atoms with van der Waals surface area (Å²) in [6.45, 7) is 3.96. The molecule has 0 saturated carbocycles. The molecule has 2 fully saturated rings. The number of carbonyl (C=O) groups excluding carboxylic acids is 3. The Hall–Kier alpha value is -3.77. The van der Waals surface area contributed by atoms with Crippen LogP contribution in [0.1, 0.15) is 25.5 Å². The zero-order valence-electron chi connectivity index (χ0n) is 20.0. The van der Waals surface area contributed by atoms with Crippen LogP contribution in [0, 0.1) is 11.8 Å². The maximum absolute atomic E-state index is 13.8. The van der Waals surface area contributed by atoms with Crippen molar-refractivity contribution in [2.24, 2.45) is 11.8 Å². The van der Waals surface area contributed by atoms with Crippen LogP contribution in [0.25, 0.3) is 11.1 Å². The molecule has 0 N–H and O–H groups in total. The number of para-hydroxylation sites is 1. The fourth-order valence-electron chi connectivity index (χ4n) is 5.67. The summed E-state index contributed by atoms with van der Waals surface area (Å²) < 4.78 is 5.15. The highest BCUT2D eigenvalue weighted by molar-refractivity contribution is 6.23. The summed E-state index contributed by atoms with van der Waals surface area (Å²) in [5, 5.41) is 0. The van der Waals surface area contributed by atoms with Crippen LogP contribution in [0.5, 0.6) is 0 Å². The molecule has 0 spiro atoms. The molecule has 2 aliphatic heterocycles. The number of esters is 1. The Kier molecular flexibility index (Phi) is 5.99. The Labute approximate surface area is 205 Å². The van der Waals surface area contributed by atoms with Crippen LogP contribution in [-0.2, 0) is 19.1 Å². The van der Waals surface area contributed by atoms with Gasteiger partial charge in [-0.1, -0.05) is 72.8 Å². The number of likely N-dealkylation sites (tertiary alicyclic amines) is 1. The number of ether oxygens (including phenoxy) is 1. The first-order chi connectivity index (χ1) is 16.9. The first-order valence-corrected chi connectivity index (χ1v) is 11.9. The molecule has 0 aromatic heterocycles. The maximum atomic E-state index is 13.8. The van der Waals surface area contributed by atoms with E-state index in [-0.39, 0.29) is 17.9 Å².